The molecule has 1 aliphatic rings. The maximum atomic E-state index is 8.74. The number of nitrogens with one attached hydrogen (secondary N) is 1. The van der Waals surface area contributed by atoms with Crippen LogP contribution in [-0.4, -0.2) is 66.6 Å². The van der Waals surface area contributed by atoms with E-state index in [1.165, 1.54) is 0 Å². The first-order valence-corrected chi connectivity index (χ1v) is 6.33. The summed E-state index contributed by atoms with van der Waals surface area (Å²) in [4.78, 5) is 14.7. The summed E-state index contributed by atoms with van der Waals surface area (Å²) in [5.41, 5.74) is 0. The summed E-state index contributed by atoms with van der Waals surface area (Å²) < 4.78 is 10.7. The van der Waals surface area contributed by atoms with E-state index in [1.54, 1.807) is 7.05 Å². The molecule has 8 nitrogen and oxygen atoms in total. The standard InChI is InChI=1S/C11H19N5O3/c1-12-9-13-10(16-3-7-18-8-4-16)15-11(14-9)19-6-2-5-17/h17H,2-8H2,1H3,(H,12,13,14,15). The lowest BCUT2D eigenvalue weighted by Crippen LogP contribution is -2.37. The van der Waals surface area contributed by atoms with E-state index in [0.29, 0.717) is 38.1 Å². The minimum absolute atomic E-state index is 0.0836. The van der Waals surface area contributed by atoms with Gasteiger partial charge >= 0.3 is 6.01 Å². The van der Waals surface area contributed by atoms with E-state index in [2.05, 4.69) is 20.3 Å². The van der Waals surface area contributed by atoms with E-state index in [-0.39, 0.29) is 12.6 Å². The molecule has 0 bridgehead atoms. The van der Waals surface area contributed by atoms with Crippen LogP contribution in [0.15, 0.2) is 0 Å². The Morgan fingerprint density at radius 2 is 2.11 bits per heavy atom. The number of aliphatic hydroxyl groups excluding tert-OH is 1. The SMILES string of the molecule is CNc1nc(OCCCO)nc(N2CCOCC2)n1. The fourth-order valence-electron chi connectivity index (χ4n) is 1.65. The van der Waals surface area contributed by atoms with Crippen LogP contribution in [0.25, 0.3) is 0 Å². The molecular weight excluding hydrogens is 250 g/mol. The van der Waals surface area contributed by atoms with Gasteiger partial charge in [0.1, 0.15) is 0 Å². The zero-order valence-electron chi connectivity index (χ0n) is 11.0. The molecule has 19 heavy (non-hydrogen) atoms. The lowest BCUT2D eigenvalue weighted by Gasteiger charge is -2.26. The van der Waals surface area contributed by atoms with Gasteiger partial charge in [0.2, 0.25) is 11.9 Å². The Hall–Kier alpha value is -1.67. The van der Waals surface area contributed by atoms with Gasteiger partial charge in [-0.1, -0.05) is 0 Å². The number of morpholine rings is 1. The fourth-order valence-corrected chi connectivity index (χ4v) is 1.65. The molecule has 0 atom stereocenters. The third-order valence-corrected chi connectivity index (χ3v) is 2.65. The van der Waals surface area contributed by atoms with E-state index < -0.39 is 0 Å². The molecule has 0 aliphatic carbocycles. The second-order valence-electron chi connectivity index (χ2n) is 4.02. The molecule has 2 N–H and O–H groups in total. The van der Waals surface area contributed by atoms with E-state index in [4.69, 9.17) is 14.6 Å². The second-order valence-corrected chi connectivity index (χ2v) is 4.02. The zero-order valence-corrected chi connectivity index (χ0v) is 11.0. The second kappa shape index (κ2) is 7.05. The van der Waals surface area contributed by atoms with Gasteiger partial charge in [-0.25, -0.2) is 0 Å². The predicted octanol–water partition coefficient (Wildman–Crippen LogP) is -0.489. The highest BCUT2D eigenvalue weighted by molar-refractivity contribution is 5.38. The van der Waals surface area contributed by atoms with Crippen molar-refractivity contribution in [3.63, 3.8) is 0 Å². The lowest BCUT2D eigenvalue weighted by molar-refractivity contribution is 0.122. The van der Waals surface area contributed by atoms with Crippen molar-refractivity contribution < 1.29 is 14.6 Å². The first-order chi connectivity index (χ1) is 9.33. The maximum absolute atomic E-state index is 8.74. The van der Waals surface area contributed by atoms with E-state index in [9.17, 15) is 0 Å². The molecule has 8 heteroatoms. The number of hydrogen-bond acceptors (Lipinski definition) is 8. The Morgan fingerprint density at radius 1 is 1.32 bits per heavy atom. The summed E-state index contributed by atoms with van der Waals surface area (Å²) in [5.74, 6) is 1.05. The van der Waals surface area contributed by atoms with Crippen molar-refractivity contribution in [1.29, 1.82) is 0 Å². The van der Waals surface area contributed by atoms with Crippen LogP contribution in [-0.2, 0) is 4.74 Å². The van der Waals surface area contributed by atoms with Crippen molar-refractivity contribution in [2.45, 2.75) is 6.42 Å². The topological polar surface area (TPSA) is 92.6 Å². The molecule has 1 aromatic heterocycles. The first kappa shape index (κ1) is 13.8. The van der Waals surface area contributed by atoms with Gasteiger partial charge in [0.25, 0.3) is 0 Å². The van der Waals surface area contributed by atoms with Crippen LogP contribution in [0, 0.1) is 0 Å². The van der Waals surface area contributed by atoms with Crippen molar-refractivity contribution in [3.05, 3.63) is 0 Å². The van der Waals surface area contributed by atoms with Crippen LogP contribution in [0.1, 0.15) is 6.42 Å². The van der Waals surface area contributed by atoms with E-state index in [1.807, 2.05) is 4.90 Å². The molecule has 0 radical (unpaired) electrons. The molecule has 1 aromatic rings. The average Bonchev–Trinajstić information content (AvgIpc) is 2.48. The molecule has 106 valence electrons. The fraction of sp³-hybridized carbons (Fsp3) is 0.727. The average molecular weight is 269 g/mol. The number of ether oxygens (including phenoxy) is 2. The Balaban J connectivity index is 2.10. The molecule has 1 saturated heterocycles. The molecule has 0 saturated carbocycles. The minimum atomic E-state index is 0.0836. The molecule has 2 heterocycles. The number of anilines is 2. The van der Waals surface area contributed by atoms with Gasteiger partial charge in [0, 0.05) is 33.2 Å². The van der Waals surface area contributed by atoms with Crippen LogP contribution in [0.3, 0.4) is 0 Å². The smallest absolute Gasteiger partial charge is 0.323 e. The Bertz CT molecular complexity index is 398. The van der Waals surface area contributed by atoms with Gasteiger partial charge in [0.15, 0.2) is 0 Å². The number of rotatable bonds is 6. The summed E-state index contributed by atoms with van der Waals surface area (Å²) in [6.07, 6.45) is 0.549. The third kappa shape index (κ3) is 3.90. The Labute approximate surface area is 111 Å². The van der Waals surface area contributed by atoms with Crippen molar-refractivity contribution >= 4 is 11.9 Å². The van der Waals surface area contributed by atoms with Gasteiger partial charge in [0.05, 0.1) is 19.8 Å². The largest absolute Gasteiger partial charge is 0.463 e. The summed E-state index contributed by atoms with van der Waals surface area (Å²) in [6.45, 7) is 3.31. The van der Waals surface area contributed by atoms with Crippen LogP contribution in [0.5, 0.6) is 6.01 Å². The Morgan fingerprint density at radius 3 is 2.79 bits per heavy atom. The van der Waals surface area contributed by atoms with E-state index >= 15 is 0 Å². The number of aromatic nitrogens is 3. The predicted molar refractivity (Wildman–Crippen MR) is 69.6 cm³/mol. The third-order valence-electron chi connectivity index (χ3n) is 2.65. The monoisotopic (exact) mass is 269 g/mol. The lowest BCUT2D eigenvalue weighted by atomic mass is 10.4. The minimum Gasteiger partial charge on any atom is -0.463 e. The summed E-state index contributed by atoms with van der Waals surface area (Å²) >= 11 is 0. The molecule has 2 rings (SSSR count). The van der Waals surface area contributed by atoms with Crippen LogP contribution < -0.4 is 15.0 Å². The van der Waals surface area contributed by atoms with Crippen molar-refractivity contribution in [2.75, 3.05) is 56.8 Å². The first-order valence-electron chi connectivity index (χ1n) is 6.33. The highest BCUT2D eigenvalue weighted by atomic mass is 16.5. The quantitative estimate of drug-likeness (QED) is 0.668. The van der Waals surface area contributed by atoms with Gasteiger partial charge in [-0.05, 0) is 0 Å². The van der Waals surface area contributed by atoms with Crippen LogP contribution in [0.2, 0.25) is 0 Å². The van der Waals surface area contributed by atoms with Crippen molar-refractivity contribution in [3.8, 4) is 6.01 Å². The molecule has 0 spiro atoms. The van der Waals surface area contributed by atoms with Gasteiger partial charge < -0.3 is 24.8 Å². The maximum Gasteiger partial charge on any atom is 0.323 e. The summed E-state index contributed by atoms with van der Waals surface area (Å²) in [7, 11) is 1.75. The van der Waals surface area contributed by atoms with Crippen LogP contribution in [0.4, 0.5) is 11.9 Å². The van der Waals surface area contributed by atoms with Gasteiger partial charge in [-0.15, -0.1) is 0 Å². The van der Waals surface area contributed by atoms with E-state index in [0.717, 1.165) is 13.1 Å². The highest BCUT2D eigenvalue weighted by Gasteiger charge is 2.16. The van der Waals surface area contributed by atoms with Gasteiger partial charge in [-0.2, -0.15) is 15.0 Å². The van der Waals surface area contributed by atoms with Gasteiger partial charge in [-0.3, -0.25) is 0 Å². The molecule has 1 fully saturated rings. The van der Waals surface area contributed by atoms with Crippen molar-refractivity contribution in [1.82, 2.24) is 15.0 Å². The Kier molecular flexibility index (Phi) is 5.10. The molecular formula is C11H19N5O3. The number of aliphatic hydroxyl groups is 1. The summed E-state index contributed by atoms with van der Waals surface area (Å²) in [5, 5.41) is 11.6. The molecule has 0 amide bonds. The molecule has 0 aromatic carbocycles. The van der Waals surface area contributed by atoms with Crippen molar-refractivity contribution in [2.24, 2.45) is 0 Å². The summed E-state index contributed by atoms with van der Waals surface area (Å²) in [6, 6.07) is 0.272. The highest BCUT2D eigenvalue weighted by Crippen LogP contribution is 2.16. The normalized spacial score (nSPS) is 15.4. The number of hydrogen-bond donors (Lipinski definition) is 2. The zero-order chi connectivity index (χ0) is 13.5. The number of nitrogens with zero attached hydrogens (tertiary/aromatic N) is 4. The molecule has 0 unspecified atom stereocenters. The van der Waals surface area contributed by atoms with Crippen LogP contribution >= 0.6 is 0 Å². The molecule has 1 aliphatic heterocycles.